The van der Waals surface area contributed by atoms with Gasteiger partial charge in [0.1, 0.15) is 5.15 Å². The van der Waals surface area contributed by atoms with Crippen LogP contribution in [0.1, 0.15) is 12.0 Å². The van der Waals surface area contributed by atoms with Gasteiger partial charge in [0.2, 0.25) is 11.8 Å². The maximum absolute atomic E-state index is 11.7. The van der Waals surface area contributed by atoms with Crippen molar-refractivity contribution >= 4 is 23.4 Å². The maximum Gasteiger partial charge on any atom is 0.233 e. The number of likely N-dealkylation sites (tertiary alicyclic amines) is 1. The average molecular weight is 237 g/mol. The molecule has 16 heavy (non-hydrogen) atoms. The van der Waals surface area contributed by atoms with Crippen molar-refractivity contribution in [3.05, 3.63) is 29.0 Å². The Balaban J connectivity index is 1.80. The summed E-state index contributed by atoms with van der Waals surface area (Å²) >= 11 is 5.74. The summed E-state index contributed by atoms with van der Waals surface area (Å²) in [5.74, 6) is -0.152. The molecule has 0 bridgehead atoms. The summed E-state index contributed by atoms with van der Waals surface area (Å²) in [6.07, 6.45) is 2.31. The van der Waals surface area contributed by atoms with Gasteiger partial charge < -0.3 is 0 Å². The number of aromatic nitrogens is 1. The van der Waals surface area contributed by atoms with Crippen molar-refractivity contribution in [2.45, 2.75) is 13.0 Å². The van der Waals surface area contributed by atoms with Gasteiger partial charge >= 0.3 is 0 Å². The summed E-state index contributed by atoms with van der Waals surface area (Å²) in [5, 5.41) is 0.377. The molecule has 82 valence electrons. The summed E-state index contributed by atoms with van der Waals surface area (Å²) in [6.45, 7) is 0.312. The fraction of sp³-hybridized carbons (Fsp3) is 0.364. The minimum atomic E-state index is -0.0389. The number of imide groups is 1. The molecule has 2 amide bonds. The highest BCUT2D eigenvalue weighted by Gasteiger charge is 2.58. The van der Waals surface area contributed by atoms with Gasteiger partial charge in [-0.2, -0.15) is 0 Å². The third-order valence-electron chi connectivity index (χ3n) is 3.09. The van der Waals surface area contributed by atoms with Gasteiger partial charge in [-0.05, 0) is 24.1 Å². The van der Waals surface area contributed by atoms with E-state index in [1.165, 1.54) is 4.90 Å². The number of nitrogens with zero attached hydrogens (tertiary/aromatic N) is 2. The van der Waals surface area contributed by atoms with Crippen LogP contribution in [-0.4, -0.2) is 21.7 Å². The Hall–Kier alpha value is -1.42. The van der Waals surface area contributed by atoms with Gasteiger partial charge in [-0.15, -0.1) is 0 Å². The fourth-order valence-corrected chi connectivity index (χ4v) is 2.33. The highest BCUT2D eigenvalue weighted by Crippen LogP contribution is 2.47. The van der Waals surface area contributed by atoms with Crippen molar-refractivity contribution < 1.29 is 9.59 Å². The number of carbonyl (C=O) groups excluding carboxylic acids is 2. The Morgan fingerprint density at radius 1 is 1.38 bits per heavy atom. The van der Waals surface area contributed by atoms with Crippen LogP contribution in [0.3, 0.4) is 0 Å². The van der Waals surface area contributed by atoms with Crippen LogP contribution in [0.2, 0.25) is 5.15 Å². The second-order valence-corrected chi connectivity index (χ2v) is 4.59. The Kier molecular flexibility index (Phi) is 2.01. The second kappa shape index (κ2) is 3.28. The zero-order valence-corrected chi connectivity index (χ0v) is 9.15. The molecule has 2 unspecified atom stereocenters. The maximum atomic E-state index is 11.7. The molecule has 1 saturated carbocycles. The van der Waals surface area contributed by atoms with Gasteiger partial charge in [0.05, 0.1) is 18.4 Å². The second-order valence-electron chi connectivity index (χ2n) is 4.20. The zero-order chi connectivity index (χ0) is 11.3. The molecule has 2 atom stereocenters. The highest BCUT2D eigenvalue weighted by molar-refractivity contribution is 6.29. The molecule has 1 aliphatic carbocycles. The van der Waals surface area contributed by atoms with Gasteiger partial charge in [0.25, 0.3) is 0 Å². The highest BCUT2D eigenvalue weighted by atomic mass is 35.5. The molecule has 1 aromatic rings. The SMILES string of the molecule is O=C1C2CC2C(=O)N1Cc1ccnc(Cl)c1. The van der Waals surface area contributed by atoms with E-state index in [1.807, 2.05) is 0 Å². The first kappa shape index (κ1) is 9.78. The van der Waals surface area contributed by atoms with Crippen LogP contribution >= 0.6 is 11.6 Å². The molecular weight excluding hydrogens is 228 g/mol. The van der Waals surface area contributed by atoms with E-state index in [9.17, 15) is 9.59 Å². The van der Waals surface area contributed by atoms with Crippen LogP contribution in [0.4, 0.5) is 0 Å². The Bertz CT molecular complexity index is 469. The van der Waals surface area contributed by atoms with Crippen LogP contribution in [0, 0.1) is 11.8 Å². The monoisotopic (exact) mass is 236 g/mol. The first-order chi connectivity index (χ1) is 7.66. The molecule has 2 heterocycles. The first-order valence-corrected chi connectivity index (χ1v) is 5.50. The van der Waals surface area contributed by atoms with E-state index in [2.05, 4.69) is 4.98 Å². The van der Waals surface area contributed by atoms with Gasteiger partial charge in [-0.1, -0.05) is 11.6 Å². The molecule has 2 fully saturated rings. The molecule has 1 saturated heterocycles. The molecule has 0 aromatic carbocycles. The number of amides is 2. The lowest BCUT2D eigenvalue weighted by Gasteiger charge is -2.16. The Labute approximate surface area is 97.2 Å². The number of rotatable bonds is 2. The minimum Gasteiger partial charge on any atom is -0.278 e. The van der Waals surface area contributed by atoms with Crippen molar-refractivity contribution in [1.29, 1.82) is 0 Å². The van der Waals surface area contributed by atoms with E-state index in [4.69, 9.17) is 11.6 Å². The van der Waals surface area contributed by atoms with E-state index in [-0.39, 0.29) is 23.7 Å². The van der Waals surface area contributed by atoms with Crippen molar-refractivity contribution in [2.24, 2.45) is 11.8 Å². The number of piperidine rings is 1. The predicted molar refractivity (Wildman–Crippen MR) is 56.4 cm³/mol. The molecule has 0 radical (unpaired) electrons. The summed E-state index contributed by atoms with van der Waals surface area (Å²) in [4.78, 5) is 28.6. The molecule has 1 aliphatic heterocycles. The standard InChI is InChI=1S/C11H9ClN2O2/c12-9-3-6(1-2-13-9)5-14-10(15)7-4-8(7)11(14)16/h1-3,7-8H,4-5H2. The number of pyridine rings is 1. The smallest absolute Gasteiger partial charge is 0.233 e. The van der Waals surface area contributed by atoms with Crippen molar-refractivity contribution in [3.63, 3.8) is 0 Å². The lowest BCUT2D eigenvalue weighted by molar-refractivity contribution is -0.142. The lowest BCUT2D eigenvalue weighted by atomic mass is 10.2. The molecular formula is C11H9ClN2O2. The number of hydrogen-bond acceptors (Lipinski definition) is 3. The summed E-state index contributed by atoms with van der Waals surface area (Å²) in [7, 11) is 0. The number of carbonyl (C=O) groups is 2. The molecule has 0 N–H and O–H groups in total. The topological polar surface area (TPSA) is 50.3 Å². The molecule has 2 aliphatic rings. The number of hydrogen-bond donors (Lipinski definition) is 0. The number of fused-ring (bicyclic) bond motifs is 1. The third kappa shape index (κ3) is 1.41. The summed E-state index contributed by atoms with van der Waals surface area (Å²) < 4.78 is 0. The van der Waals surface area contributed by atoms with E-state index < -0.39 is 0 Å². The largest absolute Gasteiger partial charge is 0.278 e. The quantitative estimate of drug-likeness (QED) is 0.574. The van der Waals surface area contributed by atoms with Gasteiger partial charge in [-0.25, -0.2) is 4.98 Å². The van der Waals surface area contributed by atoms with Crippen molar-refractivity contribution in [2.75, 3.05) is 0 Å². The van der Waals surface area contributed by atoms with E-state index >= 15 is 0 Å². The molecule has 5 heteroatoms. The summed E-state index contributed by atoms with van der Waals surface area (Å²) in [5.41, 5.74) is 0.836. The van der Waals surface area contributed by atoms with Crippen molar-refractivity contribution in [1.82, 2.24) is 9.88 Å². The Morgan fingerprint density at radius 2 is 2.06 bits per heavy atom. The Morgan fingerprint density at radius 3 is 2.69 bits per heavy atom. The van der Waals surface area contributed by atoms with Crippen LogP contribution in [0.5, 0.6) is 0 Å². The van der Waals surface area contributed by atoms with Gasteiger partial charge in [-0.3, -0.25) is 14.5 Å². The lowest BCUT2D eigenvalue weighted by Crippen LogP contribution is -2.32. The third-order valence-corrected chi connectivity index (χ3v) is 3.30. The molecule has 0 spiro atoms. The normalized spacial score (nSPS) is 27.2. The van der Waals surface area contributed by atoms with Gasteiger partial charge in [0, 0.05) is 6.20 Å². The summed E-state index contributed by atoms with van der Waals surface area (Å²) in [6, 6.07) is 3.43. The van der Waals surface area contributed by atoms with Crippen LogP contribution in [0.25, 0.3) is 0 Å². The molecule has 1 aromatic heterocycles. The van der Waals surface area contributed by atoms with Crippen LogP contribution < -0.4 is 0 Å². The van der Waals surface area contributed by atoms with E-state index in [0.29, 0.717) is 11.7 Å². The minimum absolute atomic E-state index is 0.0372. The van der Waals surface area contributed by atoms with E-state index in [1.54, 1.807) is 18.3 Å². The average Bonchev–Trinajstić information content (AvgIpc) is 2.99. The first-order valence-electron chi connectivity index (χ1n) is 5.12. The number of halogens is 1. The van der Waals surface area contributed by atoms with Crippen LogP contribution in [0.15, 0.2) is 18.3 Å². The molecule has 3 rings (SSSR count). The predicted octanol–water partition coefficient (Wildman–Crippen LogP) is 1.24. The van der Waals surface area contributed by atoms with Crippen molar-refractivity contribution in [3.8, 4) is 0 Å². The zero-order valence-electron chi connectivity index (χ0n) is 8.39. The van der Waals surface area contributed by atoms with E-state index in [0.717, 1.165) is 12.0 Å². The fourth-order valence-electron chi connectivity index (χ4n) is 2.13. The van der Waals surface area contributed by atoms with Gasteiger partial charge in [0.15, 0.2) is 0 Å². The molecule has 4 nitrogen and oxygen atoms in total. The van der Waals surface area contributed by atoms with Crippen LogP contribution in [-0.2, 0) is 16.1 Å².